The van der Waals surface area contributed by atoms with Crippen LogP contribution < -0.4 is 5.32 Å². The predicted molar refractivity (Wildman–Crippen MR) is 63.6 cm³/mol. The molecule has 15 heavy (non-hydrogen) atoms. The van der Waals surface area contributed by atoms with Gasteiger partial charge in [-0.25, -0.2) is 0 Å². The molecule has 2 atom stereocenters. The van der Waals surface area contributed by atoms with Gasteiger partial charge in [0.15, 0.2) is 0 Å². The molecule has 2 unspecified atom stereocenters. The van der Waals surface area contributed by atoms with Crippen LogP contribution in [-0.4, -0.2) is 19.3 Å². The summed E-state index contributed by atoms with van der Waals surface area (Å²) in [5.74, 6) is 0. The van der Waals surface area contributed by atoms with E-state index in [1.807, 2.05) is 19.1 Å². The minimum atomic E-state index is 0.0380. The molecule has 2 nitrogen and oxygen atoms in total. The molecule has 1 heterocycles. The predicted octanol–water partition coefficient (Wildman–Crippen LogP) is 3.19. The standard InChI is InChI=1S/C12H16ClNO/c1-9(13)11-4-2-3-5-12(11)14-10-6-7-15-8-10/h2-5,9-10,14H,6-8H2,1H3. The van der Waals surface area contributed by atoms with Gasteiger partial charge in [-0.3, -0.25) is 0 Å². The summed E-state index contributed by atoms with van der Waals surface area (Å²) in [6.07, 6.45) is 1.07. The molecule has 0 spiro atoms. The summed E-state index contributed by atoms with van der Waals surface area (Å²) >= 11 is 6.12. The fourth-order valence-corrected chi connectivity index (χ4v) is 2.03. The Bertz CT molecular complexity index is 321. The number of nitrogens with one attached hydrogen (secondary N) is 1. The molecule has 1 N–H and O–H groups in total. The van der Waals surface area contributed by atoms with Gasteiger partial charge in [-0.15, -0.1) is 11.6 Å². The Hall–Kier alpha value is -0.730. The molecule has 1 aromatic carbocycles. The number of rotatable bonds is 3. The molecule has 82 valence electrons. The molecule has 1 aromatic rings. The molecular formula is C12H16ClNO. The third-order valence-electron chi connectivity index (χ3n) is 2.68. The van der Waals surface area contributed by atoms with Gasteiger partial charge in [-0.05, 0) is 25.0 Å². The van der Waals surface area contributed by atoms with Crippen LogP contribution in [0.4, 0.5) is 5.69 Å². The van der Waals surface area contributed by atoms with E-state index in [-0.39, 0.29) is 5.38 Å². The van der Waals surface area contributed by atoms with Gasteiger partial charge in [0.1, 0.15) is 0 Å². The SMILES string of the molecule is CC(Cl)c1ccccc1NC1CCOC1. The first-order chi connectivity index (χ1) is 7.27. The van der Waals surface area contributed by atoms with E-state index in [1.54, 1.807) is 0 Å². The molecule has 1 aliphatic heterocycles. The van der Waals surface area contributed by atoms with Gasteiger partial charge < -0.3 is 10.1 Å². The van der Waals surface area contributed by atoms with E-state index >= 15 is 0 Å². The van der Waals surface area contributed by atoms with E-state index in [1.165, 1.54) is 0 Å². The molecule has 0 radical (unpaired) electrons. The van der Waals surface area contributed by atoms with Crippen LogP contribution in [0.25, 0.3) is 0 Å². The lowest BCUT2D eigenvalue weighted by atomic mass is 10.1. The van der Waals surface area contributed by atoms with E-state index in [4.69, 9.17) is 16.3 Å². The maximum absolute atomic E-state index is 6.12. The molecule has 3 heteroatoms. The summed E-state index contributed by atoms with van der Waals surface area (Å²) in [6, 6.07) is 8.62. The van der Waals surface area contributed by atoms with Crippen LogP contribution >= 0.6 is 11.6 Å². The zero-order valence-electron chi connectivity index (χ0n) is 8.87. The second kappa shape index (κ2) is 4.86. The monoisotopic (exact) mass is 225 g/mol. The maximum Gasteiger partial charge on any atom is 0.0668 e. The van der Waals surface area contributed by atoms with Crippen molar-refractivity contribution < 1.29 is 4.74 Å². The van der Waals surface area contributed by atoms with Crippen molar-refractivity contribution in [1.29, 1.82) is 0 Å². The van der Waals surface area contributed by atoms with Crippen molar-refractivity contribution in [3.8, 4) is 0 Å². The van der Waals surface area contributed by atoms with Crippen molar-refractivity contribution in [2.24, 2.45) is 0 Å². The minimum Gasteiger partial charge on any atom is -0.380 e. The molecule has 2 rings (SSSR count). The third-order valence-corrected chi connectivity index (χ3v) is 2.91. The summed E-state index contributed by atoms with van der Waals surface area (Å²) < 4.78 is 5.33. The van der Waals surface area contributed by atoms with E-state index in [0.29, 0.717) is 6.04 Å². The molecule has 0 aromatic heterocycles. The van der Waals surface area contributed by atoms with Crippen LogP contribution in [0.5, 0.6) is 0 Å². The molecule has 1 fully saturated rings. The Labute approximate surface area is 95.6 Å². The highest BCUT2D eigenvalue weighted by Gasteiger charge is 2.17. The van der Waals surface area contributed by atoms with E-state index < -0.39 is 0 Å². The second-order valence-electron chi connectivity index (χ2n) is 3.91. The van der Waals surface area contributed by atoms with Crippen molar-refractivity contribution >= 4 is 17.3 Å². The number of halogens is 1. The van der Waals surface area contributed by atoms with Crippen LogP contribution in [-0.2, 0) is 4.74 Å². The Balaban J connectivity index is 2.12. The Morgan fingerprint density at radius 1 is 1.47 bits per heavy atom. The number of ether oxygens (including phenoxy) is 1. The van der Waals surface area contributed by atoms with Crippen LogP contribution in [0, 0.1) is 0 Å². The van der Waals surface area contributed by atoms with Gasteiger partial charge in [-0.1, -0.05) is 18.2 Å². The van der Waals surface area contributed by atoms with Crippen LogP contribution in [0.2, 0.25) is 0 Å². The van der Waals surface area contributed by atoms with Gasteiger partial charge in [0, 0.05) is 12.3 Å². The Kier molecular flexibility index (Phi) is 3.49. The van der Waals surface area contributed by atoms with Gasteiger partial charge >= 0.3 is 0 Å². The van der Waals surface area contributed by atoms with Crippen LogP contribution in [0.15, 0.2) is 24.3 Å². The summed E-state index contributed by atoms with van der Waals surface area (Å²) in [4.78, 5) is 0. The smallest absolute Gasteiger partial charge is 0.0668 e. The molecule has 0 amide bonds. The average molecular weight is 226 g/mol. The zero-order valence-corrected chi connectivity index (χ0v) is 9.63. The first-order valence-electron chi connectivity index (χ1n) is 5.34. The fraction of sp³-hybridized carbons (Fsp3) is 0.500. The van der Waals surface area contributed by atoms with Gasteiger partial charge in [0.05, 0.1) is 18.0 Å². The van der Waals surface area contributed by atoms with Crippen molar-refractivity contribution in [3.05, 3.63) is 29.8 Å². The highest BCUT2D eigenvalue weighted by atomic mass is 35.5. The quantitative estimate of drug-likeness (QED) is 0.798. The highest BCUT2D eigenvalue weighted by Crippen LogP contribution is 2.28. The summed E-state index contributed by atoms with van der Waals surface area (Å²) in [7, 11) is 0. The average Bonchev–Trinajstić information content (AvgIpc) is 2.71. The van der Waals surface area contributed by atoms with Crippen molar-refractivity contribution in [1.82, 2.24) is 0 Å². The summed E-state index contributed by atoms with van der Waals surface area (Å²) in [6.45, 7) is 3.65. The first-order valence-corrected chi connectivity index (χ1v) is 5.78. The molecular weight excluding hydrogens is 210 g/mol. The summed E-state index contributed by atoms with van der Waals surface area (Å²) in [5, 5.41) is 3.52. The fourth-order valence-electron chi connectivity index (χ4n) is 1.84. The normalized spacial score (nSPS) is 22.7. The van der Waals surface area contributed by atoms with E-state index in [0.717, 1.165) is 30.9 Å². The number of anilines is 1. The number of para-hydroxylation sites is 1. The number of alkyl halides is 1. The minimum absolute atomic E-state index is 0.0380. The Morgan fingerprint density at radius 2 is 2.27 bits per heavy atom. The second-order valence-corrected chi connectivity index (χ2v) is 4.56. The van der Waals surface area contributed by atoms with Crippen molar-refractivity contribution in [3.63, 3.8) is 0 Å². The number of benzene rings is 1. The van der Waals surface area contributed by atoms with Crippen LogP contribution in [0.1, 0.15) is 24.3 Å². The maximum atomic E-state index is 6.12. The zero-order chi connectivity index (χ0) is 10.7. The molecule has 0 aliphatic carbocycles. The number of hydrogen-bond acceptors (Lipinski definition) is 2. The van der Waals surface area contributed by atoms with Crippen molar-refractivity contribution in [2.45, 2.75) is 24.8 Å². The first kappa shape index (κ1) is 10.8. The van der Waals surface area contributed by atoms with Gasteiger partial charge in [0.25, 0.3) is 0 Å². The molecule has 0 saturated carbocycles. The topological polar surface area (TPSA) is 21.3 Å². The lowest BCUT2D eigenvalue weighted by Gasteiger charge is -2.17. The van der Waals surface area contributed by atoms with Gasteiger partial charge in [0.2, 0.25) is 0 Å². The number of hydrogen-bond donors (Lipinski definition) is 1. The lowest BCUT2D eigenvalue weighted by molar-refractivity contribution is 0.195. The third kappa shape index (κ3) is 2.64. The Morgan fingerprint density at radius 3 is 2.93 bits per heavy atom. The highest BCUT2D eigenvalue weighted by molar-refractivity contribution is 6.21. The summed E-state index contributed by atoms with van der Waals surface area (Å²) in [5.41, 5.74) is 2.29. The molecule has 0 bridgehead atoms. The van der Waals surface area contributed by atoms with Crippen LogP contribution in [0.3, 0.4) is 0 Å². The lowest BCUT2D eigenvalue weighted by Crippen LogP contribution is -2.19. The van der Waals surface area contributed by atoms with Crippen molar-refractivity contribution in [2.75, 3.05) is 18.5 Å². The van der Waals surface area contributed by atoms with E-state index in [9.17, 15) is 0 Å². The van der Waals surface area contributed by atoms with Gasteiger partial charge in [-0.2, -0.15) is 0 Å². The van der Waals surface area contributed by atoms with E-state index in [2.05, 4.69) is 17.4 Å². The molecule has 1 aliphatic rings. The molecule has 1 saturated heterocycles. The largest absolute Gasteiger partial charge is 0.380 e.